The zero-order valence-electron chi connectivity index (χ0n) is 14.5. The number of carboxylic acid groups (broad SMARTS) is 1. The number of carbonyl (C=O) groups excluding carboxylic acids is 1. The lowest BCUT2D eigenvalue weighted by atomic mass is 9.98. The Hall–Kier alpha value is -2.61. The normalized spacial score (nSPS) is 14.2. The highest BCUT2D eigenvalue weighted by Crippen LogP contribution is 2.29. The lowest BCUT2D eigenvalue weighted by Gasteiger charge is -2.39. The van der Waals surface area contributed by atoms with Crippen LogP contribution in [0.15, 0.2) is 22.4 Å². The molecule has 8 nitrogen and oxygen atoms in total. The molecule has 28 heavy (non-hydrogen) atoms. The van der Waals surface area contributed by atoms with Crippen molar-refractivity contribution in [1.29, 1.82) is 0 Å². The van der Waals surface area contributed by atoms with E-state index in [9.17, 15) is 18.0 Å². The van der Waals surface area contributed by atoms with Gasteiger partial charge in [0.25, 0.3) is 10.0 Å². The molecular formula is C17H14ClN3O5S2. The van der Waals surface area contributed by atoms with Crippen molar-refractivity contribution >= 4 is 50.7 Å². The van der Waals surface area contributed by atoms with E-state index in [0.29, 0.717) is 21.4 Å². The predicted octanol–water partition coefficient (Wildman–Crippen LogP) is 1.73. The number of nitrogens with one attached hydrogen (secondary N) is 1. The van der Waals surface area contributed by atoms with Gasteiger partial charge in [-0.05, 0) is 25.1 Å². The van der Waals surface area contributed by atoms with Gasteiger partial charge in [-0.25, -0.2) is 22.9 Å². The minimum Gasteiger partial charge on any atom is -0.478 e. The second-order valence-corrected chi connectivity index (χ2v) is 9.70. The summed E-state index contributed by atoms with van der Waals surface area (Å²) in [5.41, 5.74) is 0.599. The first-order valence-corrected chi connectivity index (χ1v) is 10.6. The highest BCUT2D eigenvalue weighted by Gasteiger charge is 2.37. The summed E-state index contributed by atoms with van der Waals surface area (Å²) in [5, 5.41) is 9.17. The third kappa shape index (κ3) is 3.82. The summed E-state index contributed by atoms with van der Waals surface area (Å²) in [4.78, 5) is 29.4. The molecule has 1 fully saturated rings. The van der Waals surface area contributed by atoms with Crippen molar-refractivity contribution in [3.8, 4) is 12.3 Å². The van der Waals surface area contributed by atoms with E-state index in [1.807, 2.05) is 4.72 Å². The Kier molecular flexibility index (Phi) is 5.34. The molecule has 146 valence electrons. The number of terminal acetylenes is 1. The molecule has 1 aliphatic heterocycles. The van der Waals surface area contributed by atoms with Crippen molar-refractivity contribution in [2.75, 3.05) is 18.0 Å². The number of anilines is 1. The van der Waals surface area contributed by atoms with E-state index < -0.39 is 27.8 Å². The van der Waals surface area contributed by atoms with Gasteiger partial charge in [-0.2, -0.15) is 0 Å². The van der Waals surface area contributed by atoms with E-state index in [1.54, 1.807) is 11.8 Å². The fourth-order valence-corrected chi connectivity index (χ4v) is 5.21. The van der Waals surface area contributed by atoms with Gasteiger partial charge in [-0.15, -0.1) is 17.8 Å². The van der Waals surface area contributed by atoms with E-state index in [1.165, 1.54) is 18.2 Å². The molecule has 1 saturated heterocycles. The lowest BCUT2D eigenvalue weighted by molar-refractivity contribution is -0.123. The SMILES string of the molecule is C#Cc1cc(C(=O)O)c(C)nc1N1CC(C(=O)NS(=O)(=O)c2ccc(Cl)s2)C1. The predicted molar refractivity (Wildman–Crippen MR) is 104 cm³/mol. The average molecular weight is 440 g/mol. The summed E-state index contributed by atoms with van der Waals surface area (Å²) in [5.74, 6) is 0.448. The summed E-state index contributed by atoms with van der Waals surface area (Å²) in [6.07, 6.45) is 5.45. The standard InChI is InChI=1S/C17H14ClN3O5S2/c1-3-10-6-12(17(23)24)9(2)19-15(10)21-7-11(8-21)16(22)20-28(25,26)14-5-4-13(18)27-14/h1,4-6,11H,7-8H2,2H3,(H,20,22)(H,23,24). The number of carboxylic acids is 1. The minimum atomic E-state index is -3.97. The molecule has 2 aromatic rings. The second-order valence-electron chi connectivity index (χ2n) is 6.07. The van der Waals surface area contributed by atoms with Gasteiger partial charge in [-0.1, -0.05) is 17.5 Å². The highest BCUT2D eigenvalue weighted by atomic mass is 35.5. The van der Waals surface area contributed by atoms with Gasteiger partial charge in [0, 0.05) is 13.1 Å². The molecule has 2 aromatic heterocycles. The number of thiophene rings is 1. The number of carbonyl (C=O) groups is 2. The Bertz CT molecular complexity index is 1110. The maximum Gasteiger partial charge on any atom is 0.337 e. The molecule has 0 aromatic carbocycles. The van der Waals surface area contributed by atoms with Crippen LogP contribution in [0.25, 0.3) is 0 Å². The van der Waals surface area contributed by atoms with Gasteiger partial charge in [-0.3, -0.25) is 4.79 Å². The number of pyridine rings is 1. The van der Waals surface area contributed by atoms with Gasteiger partial charge in [0.1, 0.15) is 10.0 Å². The minimum absolute atomic E-state index is 0.00668. The van der Waals surface area contributed by atoms with Gasteiger partial charge >= 0.3 is 5.97 Å². The number of aromatic nitrogens is 1. The molecule has 3 heterocycles. The zero-order valence-corrected chi connectivity index (χ0v) is 16.9. The smallest absolute Gasteiger partial charge is 0.337 e. The molecule has 0 saturated carbocycles. The molecule has 0 atom stereocenters. The van der Waals surface area contributed by atoms with Gasteiger partial charge in [0.2, 0.25) is 5.91 Å². The maximum atomic E-state index is 12.3. The first kappa shape index (κ1) is 20.1. The summed E-state index contributed by atoms with van der Waals surface area (Å²) in [6.45, 7) is 1.97. The quantitative estimate of drug-likeness (QED) is 0.681. The first-order chi connectivity index (χ1) is 13.1. The van der Waals surface area contributed by atoms with Crippen molar-refractivity contribution in [1.82, 2.24) is 9.71 Å². The number of hydrogen-bond acceptors (Lipinski definition) is 7. The van der Waals surface area contributed by atoms with Crippen LogP contribution >= 0.6 is 22.9 Å². The summed E-state index contributed by atoms with van der Waals surface area (Å²) < 4.78 is 26.7. The summed E-state index contributed by atoms with van der Waals surface area (Å²) >= 11 is 6.59. The van der Waals surface area contributed by atoms with Crippen molar-refractivity contribution in [3.63, 3.8) is 0 Å². The largest absolute Gasteiger partial charge is 0.478 e. The first-order valence-electron chi connectivity index (χ1n) is 7.91. The van der Waals surface area contributed by atoms with Crippen LogP contribution in [0.1, 0.15) is 21.6 Å². The monoisotopic (exact) mass is 439 g/mol. The Balaban J connectivity index is 1.71. The van der Waals surface area contributed by atoms with Crippen molar-refractivity contribution < 1.29 is 23.1 Å². The molecular weight excluding hydrogens is 426 g/mol. The molecule has 1 amide bonds. The number of aryl methyl sites for hydroxylation is 1. The molecule has 1 aliphatic rings. The Morgan fingerprint density at radius 3 is 2.64 bits per heavy atom. The fourth-order valence-electron chi connectivity index (χ4n) is 2.68. The van der Waals surface area contributed by atoms with Crippen LogP contribution in [-0.4, -0.2) is 43.5 Å². The molecule has 2 N–H and O–H groups in total. The molecule has 0 radical (unpaired) electrons. The molecule has 3 rings (SSSR count). The number of amides is 1. The number of halogens is 1. The molecule has 0 aliphatic carbocycles. The van der Waals surface area contributed by atoms with Crippen molar-refractivity contribution in [2.45, 2.75) is 11.1 Å². The van der Waals surface area contributed by atoms with Crippen LogP contribution in [0.3, 0.4) is 0 Å². The van der Waals surface area contributed by atoms with Crippen molar-refractivity contribution in [3.05, 3.63) is 39.4 Å². The fraction of sp³-hybridized carbons (Fsp3) is 0.235. The van der Waals surface area contributed by atoms with Crippen LogP contribution in [0, 0.1) is 25.2 Å². The molecule has 0 unspecified atom stereocenters. The highest BCUT2D eigenvalue weighted by molar-refractivity contribution is 7.92. The summed E-state index contributed by atoms with van der Waals surface area (Å²) in [6, 6.07) is 4.12. The summed E-state index contributed by atoms with van der Waals surface area (Å²) in [7, 11) is -3.97. The van der Waals surface area contributed by atoms with Crippen LogP contribution in [-0.2, 0) is 14.8 Å². The third-order valence-electron chi connectivity index (χ3n) is 4.18. The molecule has 0 bridgehead atoms. The Morgan fingerprint density at radius 1 is 1.43 bits per heavy atom. The van der Waals surface area contributed by atoms with E-state index in [4.69, 9.17) is 23.1 Å². The van der Waals surface area contributed by atoms with E-state index in [-0.39, 0.29) is 22.9 Å². The molecule has 11 heteroatoms. The second kappa shape index (κ2) is 7.43. The van der Waals surface area contributed by atoms with E-state index in [0.717, 1.165) is 11.3 Å². The number of aromatic carboxylic acids is 1. The van der Waals surface area contributed by atoms with Crippen molar-refractivity contribution in [2.24, 2.45) is 5.92 Å². The number of nitrogens with zero attached hydrogens (tertiary/aromatic N) is 2. The van der Waals surface area contributed by atoms with E-state index in [2.05, 4.69) is 10.9 Å². The van der Waals surface area contributed by atoms with Gasteiger partial charge in [0.15, 0.2) is 0 Å². The Labute approximate surface area is 170 Å². The van der Waals surface area contributed by atoms with Crippen LogP contribution < -0.4 is 9.62 Å². The van der Waals surface area contributed by atoms with Gasteiger partial charge < -0.3 is 10.0 Å². The number of hydrogen-bond donors (Lipinski definition) is 2. The van der Waals surface area contributed by atoms with Gasteiger partial charge in [0.05, 0.1) is 27.1 Å². The van der Waals surface area contributed by atoms with Crippen LogP contribution in [0.5, 0.6) is 0 Å². The lowest BCUT2D eigenvalue weighted by Crippen LogP contribution is -2.55. The molecule has 0 spiro atoms. The van der Waals surface area contributed by atoms with E-state index >= 15 is 0 Å². The van der Waals surface area contributed by atoms with Crippen LogP contribution in [0.2, 0.25) is 4.34 Å². The topological polar surface area (TPSA) is 117 Å². The van der Waals surface area contributed by atoms with Crippen LogP contribution in [0.4, 0.5) is 5.82 Å². The average Bonchev–Trinajstić information content (AvgIpc) is 3.00. The Morgan fingerprint density at radius 2 is 2.11 bits per heavy atom. The third-order valence-corrected chi connectivity index (χ3v) is 7.25. The number of rotatable bonds is 5. The number of sulfonamides is 1. The zero-order chi connectivity index (χ0) is 20.6. The maximum absolute atomic E-state index is 12.3.